The standard InChI is InChI=1S/C13H16N2O5/c1-2-20-13(19)12-11-8(4-3-5-9(11)16)15(14-12)7-6-10(17)18/h2-7H2,1H3,(H,17,18). The summed E-state index contributed by atoms with van der Waals surface area (Å²) in [7, 11) is 0. The van der Waals surface area contributed by atoms with E-state index in [0.29, 0.717) is 30.5 Å². The molecule has 0 radical (unpaired) electrons. The SMILES string of the molecule is CCOC(=O)c1nn(CCC(=O)O)c2c1C(=O)CCC2. The zero-order valence-electron chi connectivity index (χ0n) is 11.2. The molecule has 2 rings (SSSR count). The number of rotatable bonds is 5. The van der Waals surface area contributed by atoms with Gasteiger partial charge in [0.2, 0.25) is 0 Å². The van der Waals surface area contributed by atoms with E-state index in [2.05, 4.69) is 5.10 Å². The number of ether oxygens (including phenoxy) is 1. The molecule has 0 fully saturated rings. The molecule has 0 aromatic carbocycles. The van der Waals surface area contributed by atoms with Crippen LogP contribution >= 0.6 is 0 Å². The highest BCUT2D eigenvalue weighted by Crippen LogP contribution is 2.25. The molecule has 0 bridgehead atoms. The fourth-order valence-electron chi connectivity index (χ4n) is 2.31. The summed E-state index contributed by atoms with van der Waals surface area (Å²) in [6.07, 6.45) is 1.58. The first-order chi connectivity index (χ1) is 9.54. The van der Waals surface area contributed by atoms with Crippen molar-refractivity contribution in [3.8, 4) is 0 Å². The molecule has 0 saturated carbocycles. The van der Waals surface area contributed by atoms with Crippen LogP contribution in [0.2, 0.25) is 0 Å². The van der Waals surface area contributed by atoms with E-state index in [4.69, 9.17) is 9.84 Å². The number of ketones is 1. The molecule has 1 aromatic heterocycles. The van der Waals surface area contributed by atoms with Gasteiger partial charge in [0.15, 0.2) is 11.5 Å². The van der Waals surface area contributed by atoms with Gasteiger partial charge in [-0.3, -0.25) is 14.3 Å². The van der Waals surface area contributed by atoms with E-state index in [1.165, 1.54) is 4.68 Å². The zero-order valence-corrected chi connectivity index (χ0v) is 11.2. The van der Waals surface area contributed by atoms with E-state index in [1.54, 1.807) is 6.92 Å². The summed E-state index contributed by atoms with van der Waals surface area (Å²) in [4.78, 5) is 34.5. The van der Waals surface area contributed by atoms with E-state index in [9.17, 15) is 14.4 Å². The summed E-state index contributed by atoms with van der Waals surface area (Å²) in [6.45, 7) is 2.02. The minimum atomic E-state index is -0.950. The van der Waals surface area contributed by atoms with Crippen molar-refractivity contribution >= 4 is 17.7 Å². The number of aliphatic carboxylic acids is 1. The Hall–Kier alpha value is -2.18. The van der Waals surface area contributed by atoms with Crippen molar-refractivity contribution < 1.29 is 24.2 Å². The summed E-state index contributed by atoms with van der Waals surface area (Å²) >= 11 is 0. The summed E-state index contributed by atoms with van der Waals surface area (Å²) in [5.74, 6) is -1.71. The third-order valence-electron chi connectivity index (χ3n) is 3.16. The van der Waals surface area contributed by atoms with E-state index in [1.807, 2.05) is 0 Å². The third-order valence-corrected chi connectivity index (χ3v) is 3.16. The van der Waals surface area contributed by atoms with Gasteiger partial charge in [0.25, 0.3) is 0 Å². The Balaban J connectivity index is 2.39. The number of nitrogens with zero attached hydrogens (tertiary/aromatic N) is 2. The molecule has 7 nitrogen and oxygen atoms in total. The molecular formula is C13H16N2O5. The second-order valence-corrected chi connectivity index (χ2v) is 4.53. The number of esters is 1. The fourth-order valence-corrected chi connectivity index (χ4v) is 2.31. The maximum absolute atomic E-state index is 12.0. The lowest BCUT2D eigenvalue weighted by Gasteiger charge is -2.12. The third kappa shape index (κ3) is 2.71. The van der Waals surface area contributed by atoms with Crippen molar-refractivity contribution in [3.05, 3.63) is 17.0 Å². The second-order valence-electron chi connectivity index (χ2n) is 4.53. The van der Waals surface area contributed by atoms with E-state index >= 15 is 0 Å². The monoisotopic (exact) mass is 280 g/mol. The lowest BCUT2D eigenvalue weighted by atomic mass is 9.94. The topological polar surface area (TPSA) is 98.5 Å². The number of carboxylic acids is 1. The van der Waals surface area contributed by atoms with E-state index in [0.717, 1.165) is 0 Å². The van der Waals surface area contributed by atoms with Crippen molar-refractivity contribution in [1.82, 2.24) is 9.78 Å². The van der Waals surface area contributed by atoms with Crippen LogP contribution in [-0.2, 0) is 22.5 Å². The Kier molecular flexibility index (Phi) is 4.16. The van der Waals surface area contributed by atoms with Gasteiger partial charge in [-0.25, -0.2) is 4.79 Å². The molecule has 1 aromatic rings. The maximum Gasteiger partial charge on any atom is 0.359 e. The predicted molar refractivity (Wildman–Crippen MR) is 67.7 cm³/mol. The number of carbonyl (C=O) groups excluding carboxylic acids is 2. The average molecular weight is 280 g/mol. The lowest BCUT2D eigenvalue weighted by Crippen LogP contribution is -2.16. The molecule has 0 unspecified atom stereocenters. The quantitative estimate of drug-likeness (QED) is 0.809. The molecule has 7 heteroatoms. The Morgan fingerprint density at radius 2 is 2.15 bits per heavy atom. The van der Waals surface area contributed by atoms with Crippen molar-refractivity contribution in [2.75, 3.05) is 6.61 Å². The van der Waals surface area contributed by atoms with Gasteiger partial charge < -0.3 is 9.84 Å². The number of carboxylic acid groups (broad SMARTS) is 1. The molecule has 108 valence electrons. The van der Waals surface area contributed by atoms with Crippen LogP contribution < -0.4 is 0 Å². The summed E-state index contributed by atoms with van der Waals surface area (Å²) in [5.41, 5.74) is 0.961. The van der Waals surface area contributed by atoms with Crippen LogP contribution in [0.5, 0.6) is 0 Å². The maximum atomic E-state index is 12.0. The molecule has 1 heterocycles. The van der Waals surface area contributed by atoms with Crippen molar-refractivity contribution in [2.24, 2.45) is 0 Å². The van der Waals surface area contributed by atoms with Crippen molar-refractivity contribution in [2.45, 2.75) is 39.2 Å². The number of carbonyl (C=O) groups is 3. The molecule has 0 spiro atoms. The highest BCUT2D eigenvalue weighted by atomic mass is 16.5. The molecule has 1 N–H and O–H groups in total. The van der Waals surface area contributed by atoms with Gasteiger partial charge in [-0.15, -0.1) is 0 Å². The highest BCUT2D eigenvalue weighted by Gasteiger charge is 2.30. The molecule has 0 saturated heterocycles. The van der Waals surface area contributed by atoms with Crippen LogP contribution in [0.15, 0.2) is 0 Å². The van der Waals surface area contributed by atoms with Crippen LogP contribution in [-0.4, -0.2) is 39.2 Å². The summed E-state index contributed by atoms with van der Waals surface area (Å²) in [5, 5.41) is 12.8. The Labute approximate surface area is 115 Å². The van der Waals surface area contributed by atoms with Crippen LogP contribution in [0.1, 0.15) is 52.7 Å². The first kappa shape index (κ1) is 14.2. The van der Waals surface area contributed by atoms with Crippen molar-refractivity contribution in [3.63, 3.8) is 0 Å². The van der Waals surface area contributed by atoms with Gasteiger partial charge >= 0.3 is 11.9 Å². The van der Waals surface area contributed by atoms with Crippen LogP contribution in [0.3, 0.4) is 0 Å². The minimum absolute atomic E-state index is 0.0111. The highest BCUT2D eigenvalue weighted by molar-refractivity contribution is 6.06. The van der Waals surface area contributed by atoms with Crippen LogP contribution in [0.25, 0.3) is 0 Å². The van der Waals surface area contributed by atoms with Crippen molar-refractivity contribution in [1.29, 1.82) is 0 Å². The Morgan fingerprint density at radius 3 is 2.80 bits per heavy atom. The molecule has 0 atom stereocenters. The van der Waals surface area contributed by atoms with Gasteiger partial charge in [-0.05, 0) is 19.8 Å². The first-order valence-corrected chi connectivity index (χ1v) is 6.56. The molecular weight excluding hydrogens is 264 g/mol. The molecule has 1 aliphatic rings. The van der Waals surface area contributed by atoms with Gasteiger partial charge in [-0.2, -0.15) is 5.10 Å². The number of hydrogen-bond donors (Lipinski definition) is 1. The molecule has 0 amide bonds. The second kappa shape index (κ2) is 5.85. The Morgan fingerprint density at radius 1 is 1.40 bits per heavy atom. The molecule has 1 aliphatic carbocycles. The van der Waals surface area contributed by atoms with Gasteiger partial charge in [0.05, 0.1) is 30.8 Å². The molecule has 0 aliphatic heterocycles. The van der Waals surface area contributed by atoms with Crippen LogP contribution in [0.4, 0.5) is 0 Å². The van der Waals surface area contributed by atoms with Gasteiger partial charge in [-0.1, -0.05) is 0 Å². The number of hydrogen-bond acceptors (Lipinski definition) is 5. The largest absolute Gasteiger partial charge is 0.481 e. The number of aryl methyl sites for hydroxylation is 1. The number of aromatic nitrogens is 2. The number of fused-ring (bicyclic) bond motifs is 1. The zero-order chi connectivity index (χ0) is 14.7. The number of Topliss-reactive ketones (excluding diaryl/α,β-unsaturated/α-hetero) is 1. The van der Waals surface area contributed by atoms with Gasteiger partial charge in [0, 0.05) is 6.42 Å². The van der Waals surface area contributed by atoms with Gasteiger partial charge in [0.1, 0.15) is 0 Å². The normalized spacial score (nSPS) is 13.9. The fraction of sp³-hybridized carbons (Fsp3) is 0.538. The minimum Gasteiger partial charge on any atom is -0.481 e. The summed E-state index contributed by atoms with van der Waals surface area (Å²) < 4.78 is 6.35. The Bertz CT molecular complexity index is 561. The van der Waals surface area contributed by atoms with E-state index < -0.39 is 11.9 Å². The average Bonchev–Trinajstić information content (AvgIpc) is 2.77. The first-order valence-electron chi connectivity index (χ1n) is 6.56. The lowest BCUT2D eigenvalue weighted by molar-refractivity contribution is -0.137. The predicted octanol–water partition coefficient (Wildman–Crippen LogP) is 1.05. The van der Waals surface area contributed by atoms with Crippen LogP contribution in [0, 0.1) is 0 Å². The van der Waals surface area contributed by atoms with E-state index in [-0.39, 0.29) is 31.0 Å². The summed E-state index contributed by atoms with van der Waals surface area (Å²) in [6, 6.07) is 0. The smallest absolute Gasteiger partial charge is 0.359 e. The molecule has 20 heavy (non-hydrogen) atoms.